The second-order valence-electron chi connectivity index (χ2n) is 33.8. The summed E-state index contributed by atoms with van der Waals surface area (Å²) in [6.07, 6.45) is 0. The van der Waals surface area contributed by atoms with E-state index in [0.717, 1.165) is 216 Å². The lowest BCUT2D eigenvalue weighted by Crippen LogP contribution is -2.61. The summed E-state index contributed by atoms with van der Waals surface area (Å²) in [7, 11) is 0. The van der Waals surface area contributed by atoms with Crippen LogP contribution in [0, 0.1) is 0 Å². The minimum Gasteiger partial charge on any atom is -0.456 e. The van der Waals surface area contributed by atoms with E-state index in [-0.39, 0.29) is 21.8 Å². The minimum atomic E-state index is -0.661. The number of hydrogen-bond acceptors (Lipinski definition) is 5. The highest BCUT2D eigenvalue weighted by atomic mass is 16.3. The fourth-order valence-corrected chi connectivity index (χ4v) is 21.6. The smallest absolute Gasteiger partial charge is 0.252 e. The van der Waals surface area contributed by atoms with Crippen molar-refractivity contribution in [1.82, 2.24) is 8.97 Å². The van der Waals surface area contributed by atoms with Gasteiger partial charge in [0.2, 0.25) is 0 Å². The molecule has 0 fully saturated rings. The normalized spacial score (nSPS) is 13.5. The summed E-state index contributed by atoms with van der Waals surface area (Å²) in [5.41, 5.74) is 30.8. The second kappa shape index (κ2) is 27.3. The van der Waals surface area contributed by atoms with Crippen molar-refractivity contribution in [2.45, 2.75) is 0 Å². The summed E-state index contributed by atoms with van der Waals surface area (Å²) in [4.78, 5) is 5.04. The standard InChI is InChI=1S/C120H71BN4O3/c1-5-28-72(29-6-1)79-64-93(74-32-9-3-10-33-74)119(97(66-79)87-42-26-52-113-115(87)91-40-17-23-50-110(91)127-113)124-105-68-78(76-55-60-104-95(62-76)90-45-25-44-89-85-38-15-21-48-103(85)123(104)118(89)90)54-58-99(105)121-100-59-57-82(122-101-46-19-13-36-83(101)84-37-14-20-47-102(84)122)71-106(100)125(108-70-81(69-107(124)117(108)121)77-56-61-112-96(63-77)86-39-16-22-49-109(86)126-112)120-94(75-34-11-4-12-35-75)65-80(73-30-7-2-8-31-73)67-98(120)88-43-27-53-114-116(88)92-41-18-24-51-111(92)128-114/h1-71H/i13D,14D,19D,20D,36D,37D,46D,47D. The Hall–Kier alpha value is -16.9. The van der Waals surface area contributed by atoms with E-state index in [2.05, 4.69) is 342 Å². The number of benzene rings is 20. The van der Waals surface area contributed by atoms with Crippen molar-refractivity contribution in [3.05, 3.63) is 431 Å². The van der Waals surface area contributed by atoms with E-state index in [1.54, 1.807) is 4.57 Å². The van der Waals surface area contributed by atoms with Crippen LogP contribution in [0.15, 0.2) is 444 Å². The first-order valence-corrected chi connectivity index (χ1v) is 43.4. The van der Waals surface area contributed by atoms with E-state index in [1.807, 2.05) is 54.6 Å². The maximum Gasteiger partial charge on any atom is 0.252 e. The Morgan fingerprint density at radius 2 is 0.625 bits per heavy atom. The molecule has 0 atom stereocenters. The van der Waals surface area contributed by atoms with E-state index in [1.165, 1.54) is 16.3 Å². The van der Waals surface area contributed by atoms with Gasteiger partial charge in [0.1, 0.15) is 33.5 Å². The van der Waals surface area contributed by atoms with Crippen LogP contribution in [0.4, 0.5) is 34.1 Å². The third-order valence-electron chi connectivity index (χ3n) is 27.0. The Morgan fingerprint density at radius 3 is 1.22 bits per heavy atom. The average Bonchev–Trinajstić information content (AvgIpc) is 0.764. The third kappa shape index (κ3) is 10.3. The highest BCUT2D eigenvalue weighted by Crippen LogP contribution is 2.58. The monoisotopic (exact) mass is 1630 g/mol. The summed E-state index contributed by atoms with van der Waals surface area (Å²) in [6.45, 7) is -0.661. The predicted octanol–water partition coefficient (Wildman–Crippen LogP) is 31.1. The molecule has 0 aliphatic carbocycles. The van der Waals surface area contributed by atoms with Gasteiger partial charge in [-0.1, -0.05) is 303 Å². The first-order valence-electron chi connectivity index (χ1n) is 47.4. The quantitative estimate of drug-likeness (QED) is 0.121. The molecule has 0 saturated heterocycles. The van der Waals surface area contributed by atoms with Crippen LogP contribution in [-0.4, -0.2) is 15.7 Å². The molecular formula is C120H71BN4O3. The Balaban J connectivity index is 0.836. The number of hydrogen-bond donors (Lipinski definition) is 0. The molecule has 0 N–H and O–H groups in total. The van der Waals surface area contributed by atoms with Gasteiger partial charge in [-0.05, 0) is 210 Å². The number of nitrogens with zero attached hydrogens (tertiary/aromatic N) is 4. The number of furan rings is 3. The lowest BCUT2D eigenvalue weighted by molar-refractivity contribution is 0.668. The van der Waals surface area contributed by atoms with Gasteiger partial charge in [0.15, 0.2) is 0 Å². The fraction of sp³-hybridized carbons (Fsp3) is 0. The zero-order chi connectivity index (χ0) is 90.5. The van der Waals surface area contributed by atoms with Gasteiger partial charge in [0.05, 0.1) is 49.9 Å². The Morgan fingerprint density at radius 1 is 0.227 bits per heavy atom. The third-order valence-corrected chi connectivity index (χ3v) is 27.0. The van der Waals surface area contributed by atoms with Crippen LogP contribution in [0.25, 0.3) is 220 Å². The van der Waals surface area contributed by atoms with Gasteiger partial charge in [-0.3, -0.25) is 0 Å². The maximum atomic E-state index is 10.2. The van der Waals surface area contributed by atoms with E-state index in [9.17, 15) is 11.0 Å². The molecule has 6 aromatic heterocycles. The number of aromatic nitrogens is 2. The summed E-state index contributed by atoms with van der Waals surface area (Å²) >= 11 is 0. The summed E-state index contributed by atoms with van der Waals surface area (Å²) in [5.74, 6) is 0. The first-order chi connectivity index (χ1) is 66.8. The molecule has 0 radical (unpaired) electrons. The van der Waals surface area contributed by atoms with Gasteiger partial charge in [0, 0.05) is 115 Å². The predicted molar refractivity (Wildman–Crippen MR) is 535 cm³/mol. The van der Waals surface area contributed by atoms with Gasteiger partial charge in [-0.25, -0.2) is 0 Å². The molecule has 26 aromatic rings. The van der Waals surface area contributed by atoms with Crippen molar-refractivity contribution in [3.63, 3.8) is 0 Å². The highest BCUT2D eigenvalue weighted by molar-refractivity contribution is 7.00. The van der Waals surface area contributed by atoms with Gasteiger partial charge in [0.25, 0.3) is 6.71 Å². The van der Waals surface area contributed by atoms with Crippen LogP contribution in [0.5, 0.6) is 0 Å². The average molecular weight is 1640 g/mol. The van der Waals surface area contributed by atoms with Crippen LogP contribution in [-0.2, 0) is 0 Å². The maximum absolute atomic E-state index is 10.2. The van der Waals surface area contributed by atoms with Crippen LogP contribution in [0.3, 0.4) is 0 Å². The van der Waals surface area contributed by atoms with Gasteiger partial charge >= 0.3 is 0 Å². The van der Waals surface area contributed by atoms with Crippen molar-refractivity contribution in [1.29, 1.82) is 0 Å². The molecule has 28 rings (SSSR count). The minimum absolute atomic E-state index is 0.00221. The summed E-state index contributed by atoms with van der Waals surface area (Å²) in [5, 5.41) is 10.3. The zero-order valence-corrected chi connectivity index (χ0v) is 68.5. The van der Waals surface area contributed by atoms with E-state index in [4.69, 9.17) is 13.3 Å². The SMILES string of the molecule is [2H]c1c([2H])c([2H])c2c(c1[2H])c1c([2H])c([2H])c([2H])c([2H])c1n2-c1ccc2c(c1)N(c1c(-c3ccccc3)cc(-c3ccccc3)cc1-c1cccc3oc4ccccc4c13)c1cc(-c3ccc4oc5ccccc5c4c3)cc3c1B2c1ccc(-c2ccc4c(c2)c2cccc5c6ccccc6n4c52)cc1N3c1c(-c2ccccc2)cc(-c2ccccc2)cc1-c1cccc2oc3ccccc3c12. The Bertz CT molecular complexity index is 9630. The zero-order valence-electron chi connectivity index (χ0n) is 76.5. The molecule has 20 aromatic carbocycles. The highest BCUT2D eigenvalue weighted by Gasteiger charge is 2.47. The number of para-hydroxylation sites is 7. The summed E-state index contributed by atoms with van der Waals surface area (Å²) < 4.78 is 103. The van der Waals surface area contributed by atoms with Crippen molar-refractivity contribution in [2.75, 3.05) is 9.80 Å². The number of rotatable bonds is 11. The molecule has 0 unspecified atom stereocenters. The molecule has 0 spiro atoms. The van der Waals surface area contributed by atoms with Crippen molar-refractivity contribution < 1.29 is 24.2 Å². The van der Waals surface area contributed by atoms with Gasteiger partial charge in [-0.2, -0.15) is 0 Å². The lowest BCUT2D eigenvalue weighted by Gasteiger charge is -2.46. The molecule has 2 aliphatic rings. The molecule has 0 saturated carbocycles. The molecule has 0 bridgehead atoms. The molecular weight excluding hydrogens is 1560 g/mol. The van der Waals surface area contributed by atoms with Crippen LogP contribution >= 0.6 is 0 Å². The fourth-order valence-electron chi connectivity index (χ4n) is 21.6. The first kappa shape index (κ1) is 63.1. The van der Waals surface area contributed by atoms with Crippen molar-refractivity contribution in [3.8, 4) is 94.7 Å². The topological polar surface area (TPSA) is 55.2 Å². The molecule has 128 heavy (non-hydrogen) atoms. The van der Waals surface area contributed by atoms with Gasteiger partial charge < -0.3 is 32.0 Å². The Kier molecular flexibility index (Phi) is 13.4. The molecule has 8 heteroatoms. The molecule has 7 nitrogen and oxygen atoms in total. The largest absolute Gasteiger partial charge is 0.456 e. The molecule has 2 aliphatic heterocycles. The van der Waals surface area contributed by atoms with E-state index >= 15 is 0 Å². The summed E-state index contributed by atoms with van der Waals surface area (Å²) in [6, 6.07) is 133. The molecule has 592 valence electrons. The lowest BCUT2D eigenvalue weighted by atomic mass is 9.33. The van der Waals surface area contributed by atoms with Crippen LogP contribution < -0.4 is 26.2 Å². The number of anilines is 6. The van der Waals surface area contributed by atoms with Gasteiger partial charge in [-0.15, -0.1) is 0 Å². The van der Waals surface area contributed by atoms with Crippen LogP contribution in [0.2, 0.25) is 0 Å². The van der Waals surface area contributed by atoms with Crippen LogP contribution in [0.1, 0.15) is 11.0 Å². The Labute approximate surface area is 746 Å². The van der Waals surface area contributed by atoms with Crippen molar-refractivity contribution >= 4 is 183 Å². The van der Waals surface area contributed by atoms with Crippen molar-refractivity contribution in [2.24, 2.45) is 0 Å². The molecule has 8 heterocycles. The number of fused-ring (bicyclic) bond motifs is 22. The van der Waals surface area contributed by atoms with E-state index < -0.39 is 55.1 Å². The molecule has 0 amide bonds. The second-order valence-corrected chi connectivity index (χ2v) is 33.8. The van der Waals surface area contributed by atoms with E-state index in [0.29, 0.717) is 17.0 Å².